The van der Waals surface area contributed by atoms with Crippen molar-refractivity contribution in [2.45, 2.75) is 20.3 Å². The molecule has 13 heavy (non-hydrogen) atoms. The first kappa shape index (κ1) is 12.4. The van der Waals surface area contributed by atoms with Crippen LogP contribution in [0.3, 0.4) is 0 Å². The van der Waals surface area contributed by atoms with E-state index in [0.29, 0.717) is 19.8 Å². The van der Waals surface area contributed by atoms with Gasteiger partial charge >= 0.3 is 0 Å². The molecule has 0 aliphatic rings. The third kappa shape index (κ3) is 9.30. The predicted octanol–water partition coefficient (Wildman–Crippen LogP) is 0.566. The number of ether oxygens (including phenoxy) is 2. The molecule has 0 aromatic carbocycles. The summed E-state index contributed by atoms with van der Waals surface area (Å²) < 4.78 is 10.2. The fourth-order valence-electron chi connectivity index (χ4n) is 0.777. The van der Waals surface area contributed by atoms with Crippen molar-refractivity contribution in [2.24, 2.45) is 0 Å². The van der Waals surface area contributed by atoms with Crippen molar-refractivity contribution in [3.63, 3.8) is 0 Å². The Bertz CT molecular complexity index is 128. The molecular formula is C9H19NO3. The molecule has 0 aromatic heterocycles. The van der Waals surface area contributed by atoms with Crippen LogP contribution < -0.4 is 5.32 Å². The fraction of sp³-hybridized carbons (Fsp3) is 0.889. The van der Waals surface area contributed by atoms with E-state index in [1.807, 2.05) is 6.92 Å². The van der Waals surface area contributed by atoms with Gasteiger partial charge in [0.15, 0.2) is 0 Å². The molecule has 4 heteroatoms. The molecule has 0 fully saturated rings. The van der Waals surface area contributed by atoms with Crippen LogP contribution in [0.2, 0.25) is 0 Å². The number of likely N-dealkylation sites (N-methyl/N-ethyl adjacent to an activating group) is 1. The Labute approximate surface area is 79.6 Å². The molecular weight excluding hydrogens is 170 g/mol. The van der Waals surface area contributed by atoms with Gasteiger partial charge in [-0.25, -0.2) is 0 Å². The summed E-state index contributed by atoms with van der Waals surface area (Å²) in [6.45, 7) is 6.50. The smallest absolute Gasteiger partial charge is 0.245 e. The zero-order valence-corrected chi connectivity index (χ0v) is 8.47. The molecule has 0 aliphatic heterocycles. The van der Waals surface area contributed by atoms with Gasteiger partial charge in [-0.2, -0.15) is 0 Å². The highest BCUT2D eigenvalue weighted by atomic mass is 16.5. The van der Waals surface area contributed by atoms with E-state index in [4.69, 9.17) is 9.47 Å². The molecule has 0 aromatic rings. The molecule has 78 valence electrons. The summed E-state index contributed by atoms with van der Waals surface area (Å²) in [5.74, 6) is -0.0713. The molecule has 1 amide bonds. The van der Waals surface area contributed by atoms with Crippen molar-refractivity contribution in [1.29, 1.82) is 0 Å². The summed E-state index contributed by atoms with van der Waals surface area (Å²) >= 11 is 0. The lowest BCUT2D eigenvalue weighted by atomic mass is 10.5. The Balaban J connectivity index is 3.02. The Kier molecular flexibility index (Phi) is 9.03. The fourth-order valence-corrected chi connectivity index (χ4v) is 0.777. The lowest BCUT2D eigenvalue weighted by Gasteiger charge is -2.04. The summed E-state index contributed by atoms with van der Waals surface area (Å²) in [6, 6.07) is 0. The van der Waals surface area contributed by atoms with Crippen molar-refractivity contribution in [1.82, 2.24) is 5.32 Å². The number of hydrogen-bond acceptors (Lipinski definition) is 3. The lowest BCUT2D eigenvalue weighted by molar-refractivity contribution is -0.126. The van der Waals surface area contributed by atoms with Crippen molar-refractivity contribution < 1.29 is 14.3 Å². The van der Waals surface area contributed by atoms with Crippen LogP contribution in [0.4, 0.5) is 0 Å². The van der Waals surface area contributed by atoms with Crippen LogP contribution in [-0.4, -0.2) is 38.9 Å². The van der Waals surface area contributed by atoms with E-state index in [1.54, 1.807) is 0 Å². The molecule has 0 rings (SSSR count). The first-order valence-electron chi connectivity index (χ1n) is 4.73. The molecule has 0 spiro atoms. The van der Waals surface area contributed by atoms with Gasteiger partial charge in [0.25, 0.3) is 0 Å². The van der Waals surface area contributed by atoms with Crippen LogP contribution in [-0.2, 0) is 14.3 Å². The normalized spacial score (nSPS) is 10.0. The zero-order chi connectivity index (χ0) is 9.94. The maximum Gasteiger partial charge on any atom is 0.245 e. The first-order valence-corrected chi connectivity index (χ1v) is 4.73. The van der Waals surface area contributed by atoms with Crippen LogP contribution in [0.25, 0.3) is 0 Å². The topological polar surface area (TPSA) is 47.6 Å². The van der Waals surface area contributed by atoms with E-state index < -0.39 is 0 Å². The molecule has 0 unspecified atom stereocenters. The molecule has 1 N–H and O–H groups in total. The number of rotatable bonds is 8. The average molecular weight is 189 g/mol. The van der Waals surface area contributed by atoms with Crippen molar-refractivity contribution in [3.8, 4) is 0 Å². The molecule has 0 aliphatic carbocycles. The van der Waals surface area contributed by atoms with Gasteiger partial charge in [-0.3, -0.25) is 4.79 Å². The van der Waals surface area contributed by atoms with E-state index in [1.165, 1.54) is 0 Å². The second-order valence-corrected chi connectivity index (χ2v) is 2.62. The minimum atomic E-state index is -0.0713. The van der Waals surface area contributed by atoms with E-state index in [2.05, 4.69) is 12.2 Å². The van der Waals surface area contributed by atoms with Crippen LogP contribution in [0.5, 0.6) is 0 Å². The molecule has 4 nitrogen and oxygen atoms in total. The first-order chi connectivity index (χ1) is 6.31. The molecule has 0 radical (unpaired) electrons. The Morgan fingerprint density at radius 1 is 1.15 bits per heavy atom. The van der Waals surface area contributed by atoms with E-state index in [9.17, 15) is 4.79 Å². The van der Waals surface area contributed by atoms with Crippen molar-refractivity contribution >= 4 is 5.91 Å². The maximum absolute atomic E-state index is 10.9. The average Bonchev–Trinajstić information content (AvgIpc) is 2.11. The van der Waals surface area contributed by atoms with E-state index >= 15 is 0 Å². The monoisotopic (exact) mass is 189 g/mol. The SMILES string of the molecule is CCCOCCOCC(=O)NCC. The van der Waals surface area contributed by atoms with Gasteiger partial charge in [-0.1, -0.05) is 6.92 Å². The Hall–Kier alpha value is -0.610. The predicted molar refractivity (Wildman–Crippen MR) is 50.6 cm³/mol. The second-order valence-electron chi connectivity index (χ2n) is 2.62. The number of amides is 1. The zero-order valence-electron chi connectivity index (χ0n) is 8.47. The summed E-state index contributed by atoms with van der Waals surface area (Å²) in [7, 11) is 0. The minimum Gasteiger partial charge on any atom is -0.379 e. The van der Waals surface area contributed by atoms with Gasteiger partial charge in [0.2, 0.25) is 5.91 Å². The van der Waals surface area contributed by atoms with E-state index in [-0.39, 0.29) is 12.5 Å². The Morgan fingerprint density at radius 2 is 1.85 bits per heavy atom. The summed E-state index contributed by atoms with van der Waals surface area (Å²) in [5, 5.41) is 2.64. The lowest BCUT2D eigenvalue weighted by Crippen LogP contribution is -2.27. The van der Waals surface area contributed by atoms with Gasteiger partial charge < -0.3 is 14.8 Å². The maximum atomic E-state index is 10.9. The van der Waals surface area contributed by atoms with Crippen LogP contribution in [0.1, 0.15) is 20.3 Å². The minimum absolute atomic E-state index is 0.0713. The van der Waals surface area contributed by atoms with E-state index in [0.717, 1.165) is 13.0 Å². The highest BCUT2D eigenvalue weighted by Crippen LogP contribution is 1.81. The van der Waals surface area contributed by atoms with Crippen LogP contribution >= 0.6 is 0 Å². The number of carbonyl (C=O) groups is 1. The number of hydrogen-bond donors (Lipinski definition) is 1. The van der Waals surface area contributed by atoms with Gasteiger partial charge in [0.1, 0.15) is 6.61 Å². The molecule has 0 bridgehead atoms. The van der Waals surface area contributed by atoms with Gasteiger partial charge in [0.05, 0.1) is 13.2 Å². The number of nitrogens with one attached hydrogen (secondary N) is 1. The molecule has 0 heterocycles. The summed E-state index contributed by atoms with van der Waals surface area (Å²) in [4.78, 5) is 10.9. The largest absolute Gasteiger partial charge is 0.379 e. The quantitative estimate of drug-likeness (QED) is 0.568. The summed E-state index contributed by atoms with van der Waals surface area (Å²) in [5.41, 5.74) is 0. The second kappa shape index (κ2) is 9.48. The molecule has 0 atom stereocenters. The highest BCUT2D eigenvalue weighted by molar-refractivity contribution is 5.77. The van der Waals surface area contributed by atoms with Crippen molar-refractivity contribution in [3.05, 3.63) is 0 Å². The third-order valence-electron chi connectivity index (χ3n) is 1.33. The van der Waals surface area contributed by atoms with Gasteiger partial charge in [-0.05, 0) is 13.3 Å². The van der Waals surface area contributed by atoms with Gasteiger partial charge in [0, 0.05) is 13.2 Å². The highest BCUT2D eigenvalue weighted by Gasteiger charge is 1.97. The Morgan fingerprint density at radius 3 is 2.46 bits per heavy atom. The standard InChI is InChI=1S/C9H19NO3/c1-3-5-12-6-7-13-8-9(11)10-4-2/h3-8H2,1-2H3,(H,10,11). The van der Waals surface area contributed by atoms with Crippen LogP contribution in [0.15, 0.2) is 0 Å². The van der Waals surface area contributed by atoms with Crippen molar-refractivity contribution in [2.75, 3.05) is 33.0 Å². The number of carbonyl (C=O) groups excluding carboxylic acids is 1. The van der Waals surface area contributed by atoms with Gasteiger partial charge in [-0.15, -0.1) is 0 Å². The molecule has 0 saturated heterocycles. The molecule has 0 saturated carbocycles. The van der Waals surface area contributed by atoms with Crippen LogP contribution in [0, 0.1) is 0 Å². The summed E-state index contributed by atoms with van der Waals surface area (Å²) in [6.07, 6.45) is 1.01. The third-order valence-corrected chi connectivity index (χ3v) is 1.33.